The second-order valence-corrected chi connectivity index (χ2v) is 7.73. The van der Waals surface area contributed by atoms with E-state index in [2.05, 4.69) is 15.8 Å². The van der Waals surface area contributed by atoms with E-state index < -0.39 is 17.8 Å². The number of hydrazone groups is 1. The minimum Gasteiger partial charge on any atom is -0.494 e. The van der Waals surface area contributed by atoms with Crippen LogP contribution in [0.1, 0.15) is 29.1 Å². The molecule has 0 fully saturated rings. The Balaban J connectivity index is 1.61. The fraction of sp³-hybridized carbons (Fsp3) is 0.167. The van der Waals surface area contributed by atoms with Crippen LogP contribution in [-0.4, -0.2) is 37.2 Å². The molecule has 0 radical (unpaired) electrons. The van der Waals surface area contributed by atoms with Gasteiger partial charge in [0.1, 0.15) is 10.6 Å². The van der Waals surface area contributed by atoms with E-state index in [0.29, 0.717) is 39.9 Å². The number of benzene rings is 2. The van der Waals surface area contributed by atoms with E-state index in [0.717, 1.165) is 0 Å². The van der Waals surface area contributed by atoms with Crippen LogP contribution in [0.25, 0.3) is 0 Å². The lowest BCUT2D eigenvalue weighted by Crippen LogP contribution is -2.32. The molecule has 34 heavy (non-hydrogen) atoms. The summed E-state index contributed by atoms with van der Waals surface area (Å²) >= 11 is 1.27. The molecule has 0 bridgehead atoms. The lowest BCUT2D eigenvalue weighted by atomic mass is 10.1. The monoisotopic (exact) mass is 481 g/mol. The van der Waals surface area contributed by atoms with Crippen molar-refractivity contribution in [1.29, 1.82) is 0 Å². The molecule has 0 aliphatic heterocycles. The first kappa shape index (κ1) is 24.5. The molecular weight excluding hydrogens is 458 g/mol. The fourth-order valence-electron chi connectivity index (χ4n) is 2.76. The molecule has 10 heteroatoms. The molecule has 0 aliphatic carbocycles. The largest absolute Gasteiger partial charge is 0.494 e. The van der Waals surface area contributed by atoms with Gasteiger partial charge in [0.2, 0.25) is 0 Å². The Bertz CT molecular complexity index is 1190. The van der Waals surface area contributed by atoms with Crippen LogP contribution in [0.4, 0.5) is 5.69 Å². The number of nitrogens with zero attached hydrogens (tertiary/aromatic N) is 1. The number of hydrogen-bond donors (Lipinski definition) is 2. The Morgan fingerprint density at radius 1 is 1.00 bits per heavy atom. The van der Waals surface area contributed by atoms with E-state index in [1.54, 1.807) is 66.9 Å². The first-order valence-electron chi connectivity index (χ1n) is 10.2. The summed E-state index contributed by atoms with van der Waals surface area (Å²) in [6.45, 7) is 4.05. The van der Waals surface area contributed by atoms with Crippen LogP contribution in [0.15, 0.2) is 65.1 Å². The molecule has 9 nitrogen and oxygen atoms in total. The van der Waals surface area contributed by atoms with Gasteiger partial charge in [-0.2, -0.15) is 5.10 Å². The number of amides is 2. The van der Waals surface area contributed by atoms with E-state index in [9.17, 15) is 14.4 Å². The standard InChI is InChI=1S/C24H23N3O6S/c1-4-32-18-10-8-17(9-11-18)25-22(28)23(29)27-26-15(2)16-7-12-19(20(14-16)31-3)33-24(30)21-6-5-13-34-21/h5-14H,4H2,1-3H3,(H,25,28)(H,27,29). The van der Waals surface area contributed by atoms with Crippen molar-refractivity contribution >= 4 is 40.5 Å². The van der Waals surface area contributed by atoms with E-state index >= 15 is 0 Å². The molecule has 2 amide bonds. The number of nitrogens with one attached hydrogen (secondary N) is 2. The molecule has 1 heterocycles. The first-order valence-corrected chi connectivity index (χ1v) is 11.1. The highest BCUT2D eigenvalue weighted by Crippen LogP contribution is 2.29. The molecule has 1 aromatic heterocycles. The molecule has 0 spiro atoms. The van der Waals surface area contributed by atoms with Gasteiger partial charge < -0.3 is 19.5 Å². The zero-order valence-corrected chi connectivity index (χ0v) is 19.6. The zero-order valence-electron chi connectivity index (χ0n) is 18.8. The predicted octanol–water partition coefficient (Wildman–Crippen LogP) is 3.85. The third kappa shape index (κ3) is 6.42. The molecule has 0 aliphatic rings. The van der Waals surface area contributed by atoms with Gasteiger partial charge in [0.15, 0.2) is 11.5 Å². The van der Waals surface area contributed by atoms with Crippen molar-refractivity contribution in [3.8, 4) is 17.2 Å². The van der Waals surface area contributed by atoms with E-state index in [1.165, 1.54) is 18.4 Å². The van der Waals surface area contributed by atoms with Crippen LogP contribution in [0, 0.1) is 0 Å². The van der Waals surface area contributed by atoms with Crippen molar-refractivity contribution < 1.29 is 28.6 Å². The second-order valence-electron chi connectivity index (χ2n) is 6.78. The maximum atomic E-state index is 12.2. The SMILES string of the molecule is CCOc1ccc(NC(=O)C(=O)NN=C(C)c2ccc(OC(=O)c3cccs3)c(OC)c2)cc1. The number of carbonyl (C=O) groups excluding carboxylic acids is 3. The molecule has 0 unspecified atom stereocenters. The summed E-state index contributed by atoms with van der Waals surface area (Å²) in [5, 5.41) is 8.24. The van der Waals surface area contributed by atoms with Gasteiger partial charge in [-0.1, -0.05) is 6.07 Å². The minimum atomic E-state index is -0.929. The molecule has 0 saturated carbocycles. The molecule has 176 valence electrons. The Labute approximate surface area is 200 Å². The van der Waals surface area contributed by atoms with Crippen LogP contribution in [0.5, 0.6) is 17.2 Å². The van der Waals surface area contributed by atoms with Gasteiger partial charge in [-0.3, -0.25) is 9.59 Å². The van der Waals surface area contributed by atoms with Crippen molar-refractivity contribution in [2.45, 2.75) is 13.8 Å². The molecule has 2 aromatic carbocycles. The smallest absolute Gasteiger partial charge is 0.353 e. The van der Waals surface area contributed by atoms with Gasteiger partial charge >= 0.3 is 17.8 Å². The van der Waals surface area contributed by atoms with Crippen LogP contribution in [-0.2, 0) is 9.59 Å². The van der Waals surface area contributed by atoms with Gasteiger partial charge in [0, 0.05) is 11.3 Å². The number of anilines is 1. The molecule has 3 aromatic rings. The number of carbonyl (C=O) groups is 3. The number of rotatable bonds is 8. The lowest BCUT2D eigenvalue weighted by Gasteiger charge is -2.11. The molecule has 0 atom stereocenters. The number of ether oxygens (including phenoxy) is 3. The summed E-state index contributed by atoms with van der Waals surface area (Å²) in [6, 6.07) is 14.9. The molecule has 2 N–H and O–H groups in total. The summed E-state index contributed by atoms with van der Waals surface area (Å²) in [4.78, 5) is 36.9. The lowest BCUT2D eigenvalue weighted by molar-refractivity contribution is -0.136. The summed E-state index contributed by atoms with van der Waals surface area (Å²) in [7, 11) is 1.45. The van der Waals surface area contributed by atoms with Gasteiger partial charge in [-0.15, -0.1) is 11.3 Å². The van der Waals surface area contributed by atoms with Crippen molar-refractivity contribution in [3.63, 3.8) is 0 Å². The van der Waals surface area contributed by atoms with E-state index in [1.807, 2.05) is 6.92 Å². The summed E-state index contributed by atoms with van der Waals surface area (Å²) < 4.78 is 16.1. The molecule has 3 rings (SSSR count). The third-order valence-corrected chi connectivity index (χ3v) is 5.31. The Morgan fingerprint density at radius 2 is 1.76 bits per heavy atom. The van der Waals surface area contributed by atoms with E-state index in [4.69, 9.17) is 14.2 Å². The number of hydrogen-bond acceptors (Lipinski definition) is 8. The normalized spacial score (nSPS) is 10.9. The van der Waals surface area contributed by atoms with Crippen molar-refractivity contribution in [3.05, 3.63) is 70.4 Å². The van der Waals surface area contributed by atoms with Gasteiger partial charge in [-0.05, 0) is 67.8 Å². The maximum absolute atomic E-state index is 12.2. The van der Waals surface area contributed by atoms with Gasteiger partial charge in [0.25, 0.3) is 0 Å². The average Bonchev–Trinajstić information content (AvgIpc) is 3.39. The Kier molecular flexibility index (Phi) is 8.36. The van der Waals surface area contributed by atoms with Gasteiger partial charge in [-0.25, -0.2) is 10.2 Å². The van der Waals surface area contributed by atoms with Crippen LogP contribution >= 0.6 is 11.3 Å². The average molecular weight is 482 g/mol. The summed E-state index contributed by atoms with van der Waals surface area (Å²) in [5.74, 6) is -1.06. The summed E-state index contributed by atoms with van der Waals surface area (Å²) in [5.41, 5.74) is 3.68. The third-order valence-electron chi connectivity index (χ3n) is 4.46. The first-order chi connectivity index (χ1) is 16.4. The molecular formula is C24H23N3O6S. The maximum Gasteiger partial charge on any atom is 0.353 e. The number of thiophene rings is 1. The fourth-order valence-corrected chi connectivity index (χ4v) is 3.36. The predicted molar refractivity (Wildman–Crippen MR) is 129 cm³/mol. The number of esters is 1. The van der Waals surface area contributed by atoms with Crippen molar-refractivity contribution in [2.24, 2.45) is 5.10 Å². The number of methoxy groups -OCH3 is 1. The quantitative estimate of drug-likeness (QED) is 0.166. The molecule has 0 saturated heterocycles. The van der Waals surface area contributed by atoms with E-state index in [-0.39, 0.29) is 5.75 Å². The summed E-state index contributed by atoms with van der Waals surface area (Å²) in [6.07, 6.45) is 0. The minimum absolute atomic E-state index is 0.246. The second kappa shape index (κ2) is 11.6. The highest BCUT2D eigenvalue weighted by Gasteiger charge is 2.16. The highest BCUT2D eigenvalue weighted by molar-refractivity contribution is 7.12. The topological polar surface area (TPSA) is 115 Å². The van der Waals surface area contributed by atoms with Crippen LogP contribution < -0.4 is 25.0 Å². The Hall–Kier alpha value is -4.18. The van der Waals surface area contributed by atoms with Crippen molar-refractivity contribution in [2.75, 3.05) is 19.0 Å². The highest BCUT2D eigenvalue weighted by atomic mass is 32.1. The van der Waals surface area contributed by atoms with Crippen molar-refractivity contribution in [1.82, 2.24) is 5.43 Å². The van der Waals surface area contributed by atoms with Crippen LogP contribution in [0.2, 0.25) is 0 Å². The van der Waals surface area contributed by atoms with Gasteiger partial charge in [0.05, 0.1) is 19.4 Å². The zero-order chi connectivity index (χ0) is 24.5. The Morgan fingerprint density at radius 3 is 2.41 bits per heavy atom. The van der Waals surface area contributed by atoms with Crippen LogP contribution in [0.3, 0.4) is 0 Å².